The number of carbonyl (C=O) groups excluding carboxylic acids is 1. The van der Waals surface area contributed by atoms with Crippen molar-refractivity contribution < 1.29 is 9.53 Å². The van der Waals surface area contributed by atoms with Crippen molar-refractivity contribution in [2.45, 2.75) is 24.6 Å². The van der Waals surface area contributed by atoms with E-state index in [0.717, 1.165) is 35.6 Å². The van der Waals surface area contributed by atoms with Crippen LogP contribution in [0.1, 0.15) is 11.1 Å². The monoisotopic (exact) mass is 421 g/mol. The number of morpholine rings is 1. The predicted molar refractivity (Wildman–Crippen MR) is 122 cm³/mol. The van der Waals surface area contributed by atoms with E-state index in [4.69, 9.17) is 4.74 Å². The van der Waals surface area contributed by atoms with Gasteiger partial charge < -0.3 is 10.1 Å². The van der Waals surface area contributed by atoms with Gasteiger partial charge in [0.2, 0.25) is 5.91 Å². The van der Waals surface area contributed by atoms with Gasteiger partial charge in [-0.2, -0.15) is 0 Å². The highest BCUT2D eigenvalue weighted by Crippen LogP contribution is 2.23. The number of aromatic nitrogens is 1. The zero-order valence-corrected chi connectivity index (χ0v) is 18.0. The zero-order valence-electron chi connectivity index (χ0n) is 17.2. The van der Waals surface area contributed by atoms with E-state index in [9.17, 15) is 4.79 Å². The lowest BCUT2D eigenvalue weighted by atomic mass is 10.1. The third-order valence-electron chi connectivity index (χ3n) is 5.25. The molecule has 1 atom stereocenters. The van der Waals surface area contributed by atoms with Gasteiger partial charge >= 0.3 is 0 Å². The highest BCUT2D eigenvalue weighted by Gasteiger charge is 2.21. The SMILES string of the molecule is Cc1cc(SCC(=O)NC[C@@H]2CN(Cc3ccccc3)CCO2)nc2ccccc12. The first-order valence-corrected chi connectivity index (χ1v) is 11.3. The molecule has 0 saturated carbocycles. The summed E-state index contributed by atoms with van der Waals surface area (Å²) < 4.78 is 5.85. The molecule has 1 fully saturated rings. The molecule has 2 heterocycles. The van der Waals surface area contributed by atoms with E-state index >= 15 is 0 Å². The Morgan fingerprint density at radius 2 is 2.00 bits per heavy atom. The number of hydrogen-bond acceptors (Lipinski definition) is 5. The van der Waals surface area contributed by atoms with Crippen LogP contribution in [0.2, 0.25) is 0 Å². The lowest BCUT2D eigenvalue weighted by Gasteiger charge is -2.33. The second-order valence-corrected chi connectivity index (χ2v) is 8.60. The van der Waals surface area contributed by atoms with Crippen LogP contribution in [0.4, 0.5) is 0 Å². The third-order valence-corrected chi connectivity index (χ3v) is 6.16. The van der Waals surface area contributed by atoms with Crippen molar-refractivity contribution in [2.75, 3.05) is 32.0 Å². The lowest BCUT2D eigenvalue weighted by molar-refractivity contribution is -0.119. The fraction of sp³-hybridized carbons (Fsp3) is 0.333. The molecule has 1 saturated heterocycles. The smallest absolute Gasteiger partial charge is 0.230 e. The Kier molecular flexibility index (Phi) is 7.00. The summed E-state index contributed by atoms with van der Waals surface area (Å²) in [6, 6.07) is 20.6. The molecule has 0 unspecified atom stereocenters. The number of pyridine rings is 1. The highest BCUT2D eigenvalue weighted by molar-refractivity contribution is 7.99. The summed E-state index contributed by atoms with van der Waals surface area (Å²) in [6.45, 7) is 5.97. The summed E-state index contributed by atoms with van der Waals surface area (Å²) in [5, 5.41) is 5.05. The molecule has 0 radical (unpaired) electrons. The fourth-order valence-corrected chi connectivity index (χ4v) is 4.50. The minimum Gasteiger partial charge on any atom is -0.374 e. The number of ether oxygens (including phenoxy) is 1. The summed E-state index contributed by atoms with van der Waals surface area (Å²) in [5.74, 6) is 0.363. The molecule has 6 heteroatoms. The number of para-hydroxylation sites is 1. The molecule has 1 aliphatic rings. The van der Waals surface area contributed by atoms with Crippen molar-refractivity contribution in [3.8, 4) is 0 Å². The Labute approximate surface area is 181 Å². The third kappa shape index (κ3) is 5.59. The maximum Gasteiger partial charge on any atom is 0.230 e. The Morgan fingerprint density at radius 3 is 2.87 bits per heavy atom. The number of hydrogen-bond donors (Lipinski definition) is 1. The number of carbonyl (C=O) groups is 1. The molecule has 1 aromatic heterocycles. The van der Waals surface area contributed by atoms with E-state index in [2.05, 4.69) is 52.5 Å². The summed E-state index contributed by atoms with van der Waals surface area (Å²) in [4.78, 5) is 19.4. The average molecular weight is 422 g/mol. The van der Waals surface area contributed by atoms with E-state index in [1.807, 2.05) is 30.3 Å². The summed E-state index contributed by atoms with van der Waals surface area (Å²) in [5.41, 5.74) is 3.45. The summed E-state index contributed by atoms with van der Waals surface area (Å²) >= 11 is 1.47. The molecule has 3 aromatic rings. The first-order valence-electron chi connectivity index (χ1n) is 10.3. The van der Waals surface area contributed by atoms with Crippen LogP contribution in [0.3, 0.4) is 0 Å². The van der Waals surface area contributed by atoms with E-state index < -0.39 is 0 Å². The lowest BCUT2D eigenvalue weighted by Crippen LogP contribution is -2.47. The molecule has 1 amide bonds. The Bertz CT molecular complexity index is 996. The molecule has 0 aliphatic carbocycles. The largest absolute Gasteiger partial charge is 0.374 e. The van der Waals surface area contributed by atoms with Gasteiger partial charge in [-0.1, -0.05) is 60.3 Å². The van der Waals surface area contributed by atoms with Crippen LogP contribution >= 0.6 is 11.8 Å². The minimum absolute atomic E-state index is 0.0106. The second kappa shape index (κ2) is 10.1. The molecule has 0 spiro atoms. The normalized spacial score (nSPS) is 17.2. The number of nitrogens with zero attached hydrogens (tertiary/aromatic N) is 2. The van der Waals surface area contributed by atoms with Crippen LogP contribution < -0.4 is 5.32 Å². The van der Waals surface area contributed by atoms with Gasteiger partial charge in [0.1, 0.15) is 0 Å². The van der Waals surface area contributed by atoms with Crippen molar-refractivity contribution in [3.05, 3.63) is 71.8 Å². The van der Waals surface area contributed by atoms with E-state index in [1.165, 1.54) is 22.9 Å². The molecule has 4 rings (SSSR count). The number of benzene rings is 2. The molecule has 1 N–H and O–H groups in total. The number of aryl methyl sites for hydroxylation is 1. The molecule has 5 nitrogen and oxygen atoms in total. The van der Waals surface area contributed by atoms with Gasteiger partial charge in [-0.25, -0.2) is 4.98 Å². The van der Waals surface area contributed by atoms with Crippen LogP contribution in [0.15, 0.2) is 65.7 Å². The van der Waals surface area contributed by atoms with Gasteiger partial charge in [-0.15, -0.1) is 0 Å². The topological polar surface area (TPSA) is 54.5 Å². The van der Waals surface area contributed by atoms with Gasteiger partial charge in [-0.05, 0) is 30.2 Å². The molecular formula is C24H27N3O2S. The molecule has 0 bridgehead atoms. The molecule has 2 aromatic carbocycles. The predicted octanol–water partition coefficient (Wildman–Crippen LogP) is 3.65. The van der Waals surface area contributed by atoms with E-state index in [0.29, 0.717) is 18.9 Å². The number of fused-ring (bicyclic) bond motifs is 1. The van der Waals surface area contributed by atoms with Gasteiger partial charge in [0.15, 0.2) is 0 Å². The van der Waals surface area contributed by atoms with Gasteiger partial charge in [0.05, 0.1) is 29.0 Å². The van der Waals surface area contributed by atoms with E-state index in [-0.39, 0.29) is 12.0 Å². The fourth-order valence-electron chi connectivity index (χ4n) is 3.70. The van der Waals surface area contributed by atoms with Crippen LogP contribution in [0.5, 0.6) is 0 Å². The van der Waals surface area contributed by atoms with Gasteiger partial charge in [-0.3, -0.25) is 9.69 Å². The van der Waals surface area contributed by atoms with Crippen LogP contribution in [-0.4, -0.2) is 53.9 Å². The standard InChI is InChI=1S/C24H27N3O2S/c1-18-13-24(26-22-10-6-5-9-21(18)22)30-17-23(28)25-14-20-16-27(11-12-29-20)15-19-7-3-2-4-8-19/h2-10,13,20H,11-12,14-17H2,1H3,(H,25,28)/t20-/m1/s1. The Morgan fingerprint density at radius 1 is 1.20 bits per heavy atom. The Balaban J connectivity index is 1.24. The summed E-state index contributed by atoms with van der Waals surface area (Å²) in [6.07, 6.45) is 0.0254. The number of nitrogens with one attached hydrogen (secondary N) is 1. The van der Waals surface area contributed by atoms with Crippen LogP contribution in [-0.2, 0) is 16.1 Å². The quantitative estimate of drug-likeness (QED) is 0.590. The van der Waals surface area contributed by atoms with Crippen molar-refractivity contribution in [2.24, 2.45) is 0 Å². The average Bonchev–Trinajstić information content (AvgIpc) is 2.77. The molecule has 1 aliphatic heterocycles. The minimum atomic E-state index is 0.0106. The molecular weight excluding hydrogens is 394 g/mol. The van der Waals surface area contributed by atoms with Crippen molar-refractivity contribution in [3.63, 3.8) is 0 Å². The summed E-state index contributed by atoms with van der Waals surface area (Å²) in [7, 11) is 0. The zero-order chi connectivity index (χ0) is 20.8. The van der Waals surface area contributed by atoms with Crippen LogP contribution in [0, 0.1) is 6.92 Å². The molecule has 156 valence electrons. The maximum absolute atomic E-state index is 12.4. The van der Waals surface area contributed by atoms with Crippen LogP contribution in [0.25, 0.3) is 10.9 Å². The molecule has 30 heavy (non-hydrogen) atoms. The second-order valence-electron chi connectivity index (χ2n) is 7.60. The van der Waals surface area contributed by atoms with E-state index in [1.54, 1.807) is 0 Å². The van der Waals surface area contributed by atoms with Crippen molar-refractivity contribution in [1.82, 2.24) is 15.2 Å². The highest BCUT2D eigenvalue weighted by atomic mass is 32.2. The van der Waals surface area contributed by atoms with Gasteiger partial charge in [0, 0.05) is 31.6 Å². The van der Waals surface area contributed by atoms with Gasteiger partial charge in [0.25, 0.3) is 0 Å². The Hall–Kier alpha value is -2.41. The maximum atomic E-state index is 12.4. The number of thioether (sulfide) groups is 1. The first kappa shape index (κ1) is 20.8. The van der Waals surface area contributed by atoms with Crippen molar-refractivity contribution in [1.29, 1.82) is 0 Å². The number of rotatable bonds is 7. The number of amides is 1. The van der Waals surface area contributed by atoms with Crippen molar-refractivity contribution >= 4 is 28.6 Å². The first-order chi connectivity index (χ1) is 14.7.